The highest BCUT2D eigenvalue weighted by atomic mass is 32.1. The molecule has 3 nitrogen and oxygen atoms in total. The zero-order chi connectivity index (χ0) is 12.3. The first kappa shape index (κ1) is 10.2. The number of thiophene rings is 1. The van der Waals surface area contributed by atoms with Crippen molar-refractivity contribution in [1.29, 1.82) is 0 Å². The molecule has 18 heavy (non-hydrogen) atoms. The molecule has 0 spiro atoms. The molecule has 0 bridgehead atoms. The average Bonchev–Trinajstić information content (AvgIpc) is 2.83. The fourth-order valence-corrected chi connectivity index (χ4v) is 4.08. The molecule has 2 N–H and O–H groups in total. The Labute approximate surface area is 111 Å². The van der Waals surface area contributed by atoms with Gasteiger partial charge in [0.05, 0.1) is 5.39 Å². The maximum absolute atomic E-state index is 12.1. The van der Waals surface area contributed by atoms with E-state index in [1.165, 1.54) is 16.0 Å². The molecule has 0 aliphatic heterocycles. The van der Waals surface area contributed by atoms with Crippen molar-refractivity contribution in [3.8, 4) is 11.1 Å². The van der Waals surface area contributed by atoms with E-state index in [1.807, 2.05) is 12.1 Å². The van der Waals surface area contributed by atoms with Gasteiger partial charge >= 0.3 is 0 Å². The number of hydrogen-bond acceptors (Lipinski definition) is 3. The second-order valence-electron chi connectivity index (χ2n) is 4.35. The van der Waals surface area contributed by atoms with Gasteiger partial charge in [0.2, 0.25) is 0 Å². The van der Waals surface area contributed by atoms with Gasteiger partial charge in [-0.2, -0.15) is 0 Å². The van der Waals surface area contributed by atoms with Crippen LogP contribution in [0.3, 0.4) is 0 Å². The minimum absolute atomic E-state index is 0.0945. The quantitative estimate of drug-likeness (QED) is 0.483. The van der Waals surface area contributed by atoms with Crippen molar-refractivity contribution in [2.45, 2.75) is 6.42 Å². The van der Waals surface area contributed by atoms with Crippen molar-refractivity contribution < 1.29 is 0 Å². The van der Waals surface area contributed by atoms with Crippen LogP contribution in [0.4, 0.5) is 0 Å². The first-order valence-electron chi connectivity index (χ1n) is 5.60. The molecule has 0 amide bonds. The van der Waals surface area contributed by atoms with E-state index in [4.69, 9.17) is 12.2 Å². The normalized spacial score (nSPS) is 12.7. The highest BCUT2D eigenvalue weighted by Gasteiger charge is 2.24. The van der Waals surface area contributed by atoms with E-state index >= 15 is 0 Å². The Bertz CT molecular complexity index is 901. The molecule has 3 aromatic rings. The van der Waals surface area contributed by atoms with Gasteiger partial charge in [0.15, 0.2) is 4.77 Å². The molecule has 1 aliphatic carbocycles. The van der Waals surface area contributed by atoms with E-state index in [2.05, 4.69) is 22.1 Å². The van der Waals surface area contributed by atoms with E-state index in [0.29, 0.717) is 4.77 Å². The number of rotatable bonds is 0. The molecular weight excluding hydrogens is 264 g/mol. The van der Waals surface area contributed by atoms with Gasteiger partial charge < -0.3 is 4.98 Å². The molecule has 2 heterocycles. The summed E-state index contributed by atoms with van der Waals surface area (Å²) in [5.74, 6) is 0. The summed E-state index contributed by atoms with van der Waals surface area (Å²) < 4.78 is 0.390. The van der Waals surface area contributed by atoms with Gasteiger partial charge in [0, 0.05) is 16.9 Å². The SMILES string of the molecule is O=c1[nH]c(=S)[nH]c2sc3c(c12)-c1ccccc1C3. The smallest absolute Gasteiger partial charge is 0.261 e. The summed E-state index contributed by atoms with van der Waals surface area (Å²) in [7, 11) is 0. The van der Waals surface area contributed by atoms with Crippen molar-refractivity contribution in [2.75, 3.05) is 0 Å². The fourth-order valence-electron chi connectivity index (χ4n) is 2.58. The summed E-state index contributed by atoms with van der Waals surface area (Å²) in [6, 6.07) is 8.24. The average molecular weight is 272 g/mol. The Kier molecular flexibility index (Phi) is 1.93. The van der Waals surface area contributed by atoms with Crippen LogP contribution >= 0.6 is 23.6 Å². The molecule has 1 aromatic carbocycles. The summed E-state index contributed by atoms with van der Waals surface area (Å²) in [6.45, 7) is 0. The summed E-state index contributed by atoms with van der Waals surface area (Å²) in [5, 5.41) is 0.744. The zero-order valence-corrected chi connectivity index (χ0v) is 10.9. The molecule has 4 rings (SSSR count). The number of nitrogens with one attached hydrogen (secondary N) is 2. The van der Waals surface area contributed by atoms with Crippen molar-refractivity contribution in [3.05, 3.63) is 49.8 Å². The first-order chi connectivity index (χ1) is 8.74. The topological polar surface area (TPSA) is 48.6 Å². The predicted molar refractivity (Wildman–Crippen MR) is 75.9 cm³/mol. The van der Waals surface area contributed by atoms with Gasteiger partial charge in [0.25, 0.3) is 5.56 Å². The van der Waals surface area contributed by atoms with E-state index in [-0.39, 0.29) is 5.56 Å². The molecule has 0 unspecified atom stereocenters. The lowest BCUT2D eigenvalue weighted by atomic mass is 10.1. The Balaban J connectivity index is 2.22. The van der Waals surface area contributed by atoms with Crippen LogP contribution in [0.15, 0.2) is 29.1 Å². The van der Waals surface area contributed by atoms with Crippen LogP contribution in [0.1, 0.15) is 10.4 Å². The molecule has 88 valence electrons. The summed E-state index contributed by atoms with van der Waals surface area (Å²) in [4.78, 5) is 20.0. The van der Waals surface area contributed by atoms with Gasteiger partial charge in [-0.3, -0.25) is 9.78 Å². The Morgan fingerprint density at radius 3 is 2.94 bits per heavy atom. The second kappa shape index (κ2) is 3.40. The molecule has 0 fully saturated rings. The third-order valence-corrected chi connectivity index (χ3v) is 4.61. The van der Waals surface area contributed by atoms with Gasteiger partial charge in [0.1, 0.15) is 4.83 Å². The van der Waals surface area contributed by atoms with Crippen LogP contribution in [0.2, 0.25) is 0 Å². The highest BCUT2D eigenvalue weighted by molar-refractivity contribution is 7.71. The lowest BCUT2D eigenvalue weighted by molar-refractivity contribution is 1.15. The number of fused-ring (bicyclic) bond motifs is 5. The minimum Gasteiger partial charge on any atom is -0.323 e. The van der Waals surface area contributed by atoms with E-state index in [9.17, 15) is 4.79 Å². The van der Waals surface area contributed by atoms with Crippen LogP contribution in [0, 0.1) is 4.77 Å². The Morgan fingerprint density at radius 1 is 1.22 bits per heavy atom. The first-order valence-corrected chi connectivity index (χ1v) is 6.83. The number of benzene rings is 1. The van der Waals surface area contributed by atoms with Crippen molar-refractivity contribution in [3.63, 3.8) is 0 Å². The van der Waals surface area contributed by atoms with Crippen LogP contribution in [0.25, 0.3) is 21.3 Å². The number of aromatic amines is 2. The van der Waals surface area contributed by atoms with Crippen molar-refractivity contribution in [1.82, 2.24) is 9.97 Å². The van der Waals surface area contributed by atoms with Crippen LogP contribution in [-0.2, 0) is 6.42 Å². The van der Waals surface area contributed by atoms with Gasteiger partial charge in [-0.05, 0) is 23.3 Å². The Morgan fingerprint density at radius 2 is 2.06 bits per heavy atom. The fraction of sp³-hybridized carbons (Fsp3) is 0.0769. The molecule has 0 radical (unpaired) electrons. The maximum atomic E-state index is 12.1. The number of H-pyrrole nitrogens is 2. The van der Waals surface area contributed by atoms with Gasteiger partial charge in [-0.25, -0.2) is 0 Å². The third-order valence-electron chi connectivity index (χ3n) is 3.30. The van der Waals surface area contributed by atoms with Gasteiger partial charge in [-0.15, -0.1) is 11.3 Å². The molecule has 5 heteroatoms. The Hall–Kier alpha value is -1.72. The van der Waals surface area contributed by atoms with Gasteiger partial charge in [-0.1, -0.05) is 24.3 Å². The summed E-state index contributed by atoms with van der Waals surface area (Å²) in [5.41, 5.74) is 3.46. The minimum atomic E-state index is -0.0945. The third kappa shape index (κ3) is 1.23. The predicted octanol–water partition coefficient (Wildman–Crippen LogP) is 3.22. The lowest BCUT2D eigenvalue weighted by Gasteiger charge is -1.99. The summed E-state index contributed by atoms with van der Waals surface area (Å²) >= 11 is 6.64. The van der Waals surface area contributed by atoms with Crippen LogP contribution in [0.5, 0.6) is 0 Å². The standard InChI is InChI=1S/C13H8N2OS2/c16-11-10-9-7-4-2-1-3-6(7)5-8(9)18-12(10)15-13(17)14-11/h1-4H,5H2,(H2,14,15,16,17). The molecule has 0 atom stereocenters. The lowest BCUT2D eigenvalue weighted by Crippen LogP contribution is -2.06. The largest absolute Gasteiger partial charge is 0.323 e. The molecule has 0 saturated heterocycles. The molecule has 2 aromatic heterocycles. The van der Waals surface area contributed by atoms with Crippen LogP contribution in [-0.4, -0.2) is 9.97 Å². The second-order valence-corrected chi connectivity index (χ2v) is 5.86. The maximum Gasteiger partial charge on any atom is 0.261 e. The number of hydrogen-bond donors (Lipinski definition) is 2. The van der Waals surface area contributed by atoms with E-state index in [0.717, 1.165) is 22.2 Å². The zero-order valence-electron chi connectivity index (χ0n) is 9.24. The molecular formula is C13H8N2OS2. The van der Waals surface area contributed by atoms with E-state index < -0.39 is 0 Å². The highest BCUT2D eigenvalue weighted by Crippen LogP contribution is 2.44. The molecule has 0 saturated carbocycles. The van der Waals surface area contributed by atoms with E-state index in [1.54, 1.807) is 11.3 Å². The monoisotopic (exact) mass is 272 g/mol. The summed E-state index contributed by atoms with van der Waals surface area (Å²) in [6.07, 6.45) is 0.908. The van der Waals surface area contributed by atoms with Crippen LogP contribution < -0.4 is 5.56 Å². The molecule has 1 aliphatic rings. The van der Waals surface area contributed by atoms with Crippen molar-refractivity contribution >= 4 is 33.8 Å². The number of aromatic nitrogens is 2. The van der Waals surface area contributed by atoms with Crippen molar-refractivity contribution in [2.24, 2.45) is 0 Å².